The van der Waals surface area contributed by atoms with Crippen LogP contribution in [0, 0.1) is 6.92 Å². The van der Waals surface area contributed by atoms with Crippen LogP contribution in [0.2, 0.25) is 0 Å². The molecule has 1 aromatic carbocycles. The van der Waals surface area contributed by atoms with Crippen LogP contribution in [0.15, 0.2) is 41.9 Å². The van der Waals surface area contributed by atoms with E-state index in [4.69, 9.17) is 9.47 Å². The topological polar surface area (TPSA) is 79.8 Å². The molecular weight excluding hydrogens is 450 g/mol. The van der Waals surface area contributed by atoms with E-state index in [2.05, 4.69) is 33.7 Å². The summed E-state index contributed by atoms with van der Waals surface area (Å²) in [5.74, 6) is 1.34. The Hall–Kier alpha value is -3.17. The minimum absolute atomic E-state index is 0.00761. The minimum atomic E-state index is -0.0810. The number of methoxy groups -OCH3 is 1. The third-order valence-corrected chi connectivity index (χ3v) is 6.96. The van der Waals surface area contributed by atoms with E-state index in [1.165, 1.54) is 17.6 Å². The second-order valence-electron chi connectivity index (χ2n) is 8.41. The fraction of sp³-hybridized carbons (Fsp3) is 0.400. The van der Waals surface area contributed by atoms with Gasteiger partial charge in [0.05, 0.1) is 7.11 Å². The molecule has 0 bridgehead atoms. The van der Waals surface area contributed by atoms with Gasteiger partial charge < -0.3 is 24.6 Å². The lowest BCUT2D eigenvalue weighted by atomic mass is 10.1. The smallest absolute Gasteiger partial charge is 0.318 e. The van der Waals surface area contributed by atoms with E-state index in [0.717, 1.165) is 24.3 Å². The van der Waals surface area contributed by atoms with Gasteiger partial charge in [0.15, 0.2) is 0 Å². The van der Waals surface area contributed by atoms with Crippen LogP contribution in [0.4, 0.5) is 5.82 Å². The Morgan fingerprint density at radius 2 is 2.03 bits per heavy atom. The average Bonchev–Trinajstić information content (AvgIpc) is 3.25. The molecule has 1 N–H and O–H groups in total. The van der Waals surface area contributed by atoms with Crippen molar-refractivity contribution < 1.29 is 14.3 Å². The van der Waals surface area contributed by atoms with Gasteiger partial charge in [-0.15, -0.1) is 11.3 Å². The number of thiophene rings is 1. The van der Waals surface area contributed by atoms with Gasteiger partial charge in [0.1, 0.15) is 23.2 Å². The van der Waals surface area contributed by atoms with Crippen LogP contribution in [0.3, 0.4) is 0 Å². The quantitative estimate of drug-likeness (QED) is 0.499. The number of hydrogen-bond acceptors (Lipinski definition) is 8. The van der Waals surface area contributed by atoms with E-state index in [9.17, 15) is 4.79 Å². The van der Waals surface area contributed by atoms with Gasteiger partial charge in [-0.05, 0) is 55.2 Å². The zero-order valence-corrected chi connectivity index (χ0v) is 20.9. The summed E-state index contributed by atoms with van der Waals surface area (Å²) < 4.78 is 11.5. The van der Waals surface area contributed by atoms with E-state index >= 15 is 0 Å². The summed E-state index contributed by atoms with van der Waals surface area (Å²) in [4.78, 5) is 26.7. The molecule has 8 nitrogen and oxygen atoms in total. The van der Waals surface area contributed by atoms with E-state index in [1.54, 1.807) is 17.5 Å². The summed E-state index contributed by atoms with van der Waals surface area (Å²) in [5, 5.41) is 5.36. The number of rotatable bonds is 9. The minimum Gasteiger partial charge on any atom is -0.485 e. The van der Waals surface area contributed by atoms with Gasteiger partial charge in [-0.1, -0.05) is 12.1 Å². The number of likely N-dealkylation sites (N-methyl/N-ethyl adjacent to an activating group) is 1. The Labute approximate surface area is 204 Å². The van der Waals surface area contributed by atoms with Crippen molar-refractivity contribution in [3.63, 3.8) is 0 Å². The maximum Gasteiger partial charge on any atom is 0.318 e. The first-order chi connectivity index (χ1) is 16.5. The molecule has 4 rings (SSSR count). The number of aromatic nitrogens is 2. The van der Waals surface area contributed by atoms with Crippen molar-refractivity contribution in [2.24, 2.45) is 0 Å². The molecule has 180 valence electrons. The highest BCUT2D eigenvalue weighted by molar-refractivity contribution is 7.10. The number of amides is 1. The first kappa shape index (κ1) is 24.0. The molecule has 34 heavy (non-hydrogen) atoms. The molecule has 9 heteroatoms. The molecule has 0 aliphatic carbocycles. The number of carbonyl (C=O) groups is 1. The normalized spacial score (nSPS) is 14.5. The molecule has 0 radical (unpaired) electrons. The van der Waals surface area contributed by atoms with Crippen molar-refractivity contribution in [3.8, 4) is 11.8 Å². The summed E-state index contributed by atoms with van der Waals surface area (Å²) in [7, 11) is 5.40. The molecule has 3 aromatic rings. The number of nitrogens with zero attached hydrogens (tertiary/aromatic N) is 4. The van der Waals surface area contributed by atoms with Gasteiger partial charge in [0, 0.05) is 44.2 Å². The van der Waals surface area contributed by atoms with Crippen molar-refractivity contribution in [3.05, 3.63) is 63.5 Å². The van der Waals surface area contributed by atoms with Crippen LogP contribution in [0.1, 0.15) is 38.9 Å². The molecule has 0 saturated carbocycles. The van der Waals surface area contributed by atoms with Gasteiger partial charge >= 0.3 is 6.01 Å². The Morgan fingerprint density at radius 1 is 1.24 bits per heavy atom. The van der Waals surface area contributed by atoms with Crippen molar-refractivity contribution in [1.29, 1.82) is 0 Å². The number of benzene rings is 1. The second kappa shape index (κ2) is 10.8. The number of carbonyl (C=O) groups excluding carboxylic acids is 1. The summed E-state index contributed by atoms with van der Waals surface area (Å²) in [6.07, 6.45) is 2.45. The van der Waals surface area contributed by atoms with E-state index < -0.39 is 0 Å². The fourth-order valence-corrected chi connectivity index (χ4v) is 4.87. The van der Waals surface area contributed by atoms with E-state index in [0.29, 0.717) is 31.0 Å². The first-order valence-corrected chi connectivity index (χ1v) is 12.2. The summed E-state index contributed by atoms with van der Waals surface area (Å²) in [6.45, 7) is 4.75. The van der Waals surface area contributed by atoms with E-state index in [-0.39, 0.29) is 18.0 Å². The summed E-state index contributed by atoms with van der Waals surface area (Å²) >= 11 is 1.73. The average molecular weight is 482 g/mol. The van der Waals surface area contributed by atoms with Crippen molar-refractivity contribution >= 4 is 23.1 Å². The number of aryl methyl sites for hydroxylation is 1. The van der Waals surface area contributed by atoms with Crippen LogP contribution in [0.25, 0.3) is 0 Å². The SMILES string of the molecule is CNCCC(Oc1ccc(CN2CCN(C)c3nc(OC)ncc3C2=O)cc1)c1cc(C)cs1. The highest BCUT2D eigenvalue weighted by atomic mass is 32.1. The molecule has 1 unspecified atom stereocenters. The van der Waals surface area contributed by atoms with Crippen molar-refractivity contribution in [1.82, 2.24) is 20.2 Å². The Balaban J connectivity index is 1.46. The summed E-state index contributed by atoms with van der Waals surface area (Å²) in [6, 6.07) is 10.5. The van der Waals surface area contributed by atoms with Crippen molar-refractivity contribution in [2.75, 3.05) is 45.7 Å². The summed E-state index contributed by atoms with van der Waals surface area (Å²) in [5.41, 5.74) is 2.78. The Morgan fingerprint density at radius 3 is 2.71 bits per heavy atom. The molecule has 0 fully saturated rings. The number of anilines is 1. The zero-order chi connectivity index (χ0) is 24.1. The van der Waals surface area contributed by atoms with Crippen LogP contribution in [0.5, 0.6) is 11.8 Å². The number of fused-ring (bicyclic) bond motifs is 1. The Kier molecular flexibility index (Phi) is 7.64. The maximum absolute atomic E-state index is 13.2. The fourth-order valence-electron chi connectivity index (χ4n) is 3.91. The second-order valence-corrected chi connectivity index (χ2v) is 9.35. The lowest BCUT2D eigenvalue weighted by molar-refractivity contribution is 0.0754. The third-order valence-electron chi connectivity index (χ3n) is 5.81. The molecule has 0 saturated heterocycles. The molecule has 1 aliphatic heterocycles. The number of hydrogen-bond donors (Lipinski definition) is 1. The highest BCUT2D eigenvalue weighted by Crippen LogP contribution is 2.30. The molecule has 1 atom stereocenters. The first-order valence-electron chi connectivity index (χ1n) is 11.3. The van der Waals surface area contributed by atoms with Gasteiger partial charge in [-0.25, -0.2) is 4.98 Å². The molecule has 2 aromatic heterocycles. The van der Waals surface area contributed by atoms with Crippen LogP contribution in [-0.2, 0) is 6.54 Å². The molecular formula is C25H31N5O3S. The monoisotopic (exact) mass is 481 g/mol. The highest BCUT2D eigenvalue weighted by Gasteiger charge is 2.27. The van der Waals surface area contributed by atoms with Crippen LogP contribution < -0.4 is 19.7 Å². The van der Waals surface area contributed by atoms with Crippen molar-refractivity contribution in [2.45, 2.75) is 26.0 Å². The molecule has 1 aliphatic rings. The third kappa shape index (κ3) is 5.48. The predicted molar refractivity (Wildman–Crippen MR) is 134 cm³/mol. The van der Waals surface area contributed by atoms with Gasteiger partial charge in [0.25, 0.3) is 5.91 Å². The molecule has 1 amide bonds. The Bertz CT molecular complexity index is 1120. The lowest BCUT2D eigenvalue weighted by Crippen LogP contribution is -2.33. The largest absolute Gasteiger partial charge is 0.485 e. The van der Waals surface area contributed by atoms with Gasteiger partial charge in [-0.2, -0.15) is 4.98 Å². The number of nitrogens with one attached hydrogen (secondary N) is 1. The number of ether oxygens (including phenoxy) is 2. The van der Waals surface area contributed by atoms with Crippen LogP contribution in [-0.4, -0.2) is 61.6 Å². The zero-order valence-electron chi connectivity index (χ0n) is 20.1. The maximum atomic E-state index is 13.2. The standard InChI is InChI=1S/C25H31N5O3S/c1-17-13-22(34-16-17)21(9-10-26-2)33-19-7-5-18(6-8-19)15-30-12-11-29(3)23-20(24(30)31)14-27-25(28-23)32-4/h5-8,13-14,16,21,26H,9-12,15H2,1-4H3. The van der Waals surface area contributed by atoms with E-state index in [1.807, 2.05) is 48.2 Å². The van der Waals surface area contributed by atoms with Gasteiger partial charge in [0.2, 0.25) is 0 Å². The van der Waals surface area contributed by atoms with Crippen LogP contribution >= 0.6 is 11.3 Å². The van der Waals surface area contributed by atoms with Gasteiger partial charge in [-0.3, -0.25) is 4.79 Å². The molecule has 3 heterocycles. The predicted octanol–water partition coefficient (Wildman–Crippen LogP) is 3.68. The molecule has 0 spiro atoms. The lowest BCUT2D eigenvalue weighted by Gasteiger charge is -2.22.